The highest BCUT2D eigenvalue weighted by Crippen LogP contribution is 2.28. The molecule has 1 aliphatic carbocycles. The van der Waals surface area contributed by atoms with Gasteiger partial charge in [-0.15, -0.1) is 24.0 Å². The van der Waals surface area contributed by atoms with Crippen LogP contribution in [0.15, 0.2) is 4.99 Å². The number of sulfone groups is 1. The molecule has 1 saturated heterocycles. The molecular formula is C17H34IN3O2S. The Kier molecular flexibility index (Phi) is 9.33. The van der Waals surface area contributed by atoms with Crippen LogP contribution in [-0.4, -0.2) is 57.5 Å². The van der Waals surface area contributed by atoms with Crippen molar-refractivity contribution in [1.82, 2.24) is 10.2 Å². The minimum absolute atomic E-state index is 0. The van der Waals surface area contributed by atoms with Gasteiger partial charge < -0.3 is 10.2 Å². The molecule has 1 aliphatic heterocycles. The van der Waals surface area contributed by atoms with Crippen LogP contribution in [0.3, 0.4) is 0 Å². The van der Waals surface area contributed by atoms with E-state index in [1.807, 2.05) is 0 Å². The molecule has 1 saturated carbocycles. The first-order chi connectivity index (χ1) is 10.9. The van der Waals surface area contributed by atoms with Crippen LogP contribution in [0.1, 0.15) is 46.0 Å². The molecule has 0 radical (unpaired) electrons. The fourth-order valence-electron chi connectivity index (χ4n) is 3.69. The Balaban J connectivity index is 0.00000288. The van der Waals surface area contributed by atoms with Crippen molar-refractivity contribution in [1.29, 1.82) is 0 Å². The van der Waals surface area contributed by atoms with Crippen LogP contribution in [0.2, 0.25) is 0 Å². The lowest BCUT2D eigenvalue weighted by Crippen LogP contribution is -2.42. The van der Waals surface area contributed by atoms with Crippen molar-refractivity contribution < 1.29 is 8.42 Å². The maximum absolute atomic E-state index is 11.6. The van der Waals surface area contributed by atoms with Gasteiger partial charge in [0.1, 0.15) is 0 Å². The molecule has 1 N–H and O–H groups in total. The number of aliphatic imine (C=N–C) groups is 1. The molecule has 5 nitrogen and oxygen atoms in total. The van der Waals surface area contributed by atoms with Gasteiger partial charge in [0, 0.05) is 26.7 Å². The Bertz CT molecular complexity index is 502. The second-order valence-corrected chi connectivity index (χ2v) is 9.70. The van der Waals surface area contributed by atoms with Gasteiger partial charge in [-0.25, -0.2) is 8.42 Å². The average Bonchev–Trinajstić information content (AvgIpc) is 2.85. The van der Waals surface area contributed by atoms with E-state index in [-0.39, 0.29) is 29.9 Å². The van der Waals surface area contributed by atoms with Gasteiger partial charge in [0.2, 0.25) is 0 Å². The molecule has 1 atom stereocenters. The summed E-state index contributed by atoms with van der Waals surface area (Å²) in [7, 11) is -0.705. The number of rotatable bonds is 5. The topological polar surface area (TPSA) is 61.8 Å². The number of hydrogen-bond acceptors (Lipinski definition) is 3. The van der Waals surface area contributed by atoms with E-state index < -0.39 is 9.84 Å². The predicted molar refractivity (Wildman–Crippen MR) is 112 cm³/mol. The molecule has 7 heteroatoms. The van der Waals surface area contributed by atoms with Gasteiger partial charge in [-0.05, 0) is 43.9 Å². The SMILES string of the molecule is CCNC(=NCC1CCS(=O)(=O)C1)N(C)CC1CCC(C)CC1.I. The summed E-state index contributed by atoms with van der Waals surface area (Å²) in [5.74, 6) is 3.39. The van der Waals surface area contributed by atoms with Crippen molar-refractivity contribution in [2.45, 2.75) is 46.0 Å². The minimum atomic E-state index is -2.81. The second-order valence-electron chi connectivity index (χ2n) is 7.47. The third-order valence-corrected chi connectivity index (χ3v) is 7.03. The molecular weight excluding hydrogens is 437 g/mol. The third kappa shape index (κ3) is 7.06. The van der Waals surface area contributed by atoms with Crippen molar-refractivity contribution >= 4 is 39.8 Å². The van der Waals surface area contributed by atoms with Gasteiger partial charge in [-0.1, -0.05) is 19.8 Å². The van der Waals surface area contributed by atoms with Crippen molar-refractivity contribution in [2.24, 2.45) is 22.7 Å². The quantitative estimate of drug-likeness (QED) is 0.381. The largest absolute Gasteiger partial charge is 0.357 e. The lowest BCUT2D eigenvalue weighted by atomic mass is 9.83. The summed E-state index contributed by atoms with van der Waals surface area (Å²) in [4.78, 5) is 6.94. The number of nitrogens with zero attached hydrogens (tertiary/aromatic N) is 2. The zero-order valence-electron chi connectivity index (χ0n) is 15.3. The summed E-state index contributed by atoms with van der Waals surface area (Å²) in [6.07, 6.45) is 6.06. The molecule has 2 aliphatic rings. The van der Waals surface area contributed by atoms with Crippen molar-refractivity contribution in [2.75, 3.05) is 38.2 Å². The smallest absolute Gasteiger partial charge is 0.193 e. The maximum atomic E-state index is 11.6. The van der Waals surface area contributed by atoms with Crippen molar-refractivity contribution in [3.8, 4) is 0 Å². The number of halogens is 1. The van der Waals surface area contributed by atoms with Crippen LogP contribution in [0, 0.1) is 17.8 Å². The van der Waals surface area contributed by atoms with Gasteiger partial charge in [0.25, 0.3) is 0 Å². The Morgan fingerprint density at radius 1 is 1.17 bits per heavy atom. The van der Waals surface area contributed by atoms with Gasteiger partial charge >= 0.3 is 0 Å². The van der Waals surface area contributed by atoms with E-state index in [1.165, 1.54) is 25.7 Å². The van der Waals surface area contributed by atoms with Crippen LogP contribution in [-0.2, 0) is 9.84 Å². The highest BCUT2D eigenvalue weighted by atomic mass is 127. The standard InChI is InChI=1S/C17H33N3O2S.HI/c1-4-18-17(19-11-16-9-10-23(21,22)13-16)20(3)12-15-7-5-14(2)6-8-15;/h14-16H,4-13H2,1-3H3,(H,18,19);1H. The lowest BCUT2D eigenvalue weighted by molar-refractivity contribution is 0.250. The fourth-order valence-corrected chi connectivity index (χ4v) is 5.54. The van der Waals surface area contributed by atoms with Crippen LogP contribution in [0.4, 0.5) is 0 Å². The lowest BCUT2D eigenvalue weighted by Gasteiger charge is -2.31. The van der Waals surface area contributed by atoms with Gasteiger partial charge in [-0.3, -0.25) is 4.99 Å². The summed E-state index contributed by atoms with van der Waals surface area (Å²) in [6, 6.07) is 0. The summed E-state index contributed by atoms with van der Waals surface area (Å²) < 4.78 is 23.1. The van der Waals surface area contributed by atoms with Gasteiger partial charge in [0.15, 0.2) is 15.8 Å². The first-order valence-electron chi connectivity index (χ1n) is 9.09. The zero-order chi connectivity index (χ0) is 16.9. The van der Waals surface area contributed by atoms with E-state index in [4.69, 9.17) is 4.99 Å². The Hall–Kier alpha value is -0.0500. The van der Waals surface area contributed by atoms with Gasteiger partial charge in [-0.2, -0.15) is 0 Å². The third-order valence-electron chi connectivity index (χ3n) is 5.19. The molecule has 0 aromatic rings. The Labute approximate surface area is 165 Å². The van der Waals surface area contributed by atoms with E-state index >= 15 is 0 Å². The van der Waals surface area contributed by atoms with E-state index in [0.717, 1.165) is 37.3 Å². The molecule has 2 fully saturated rings. The average molecular weight is 471 g/mol. The zero-order valence-corrected chi connectivity index (χ0v) is 18.5. The molecule has 1 unspecified atom stereocenters. The molecule has 0 bridgehead atoms. The molecule has 24 heavy (non-hydrogen) atoms. The van der Waals surface area contributed by atoms with E-state index in [0.29, 0.717) is 18.1 Å². The maximum Gasteiger partial charge on any atom is 0.193 e. The monoisotopic (exact) mass is 471 g/mol. The van der Waals surface area contributed by atoms with Crippen LogP contribution < -0.4 is 5.32 Å². The van der Waals surface area contributed by atoms with Crippen LogP contribution in [0.25, 0.3) is 0 Å². The van der Waals surface area contributed by atoms with Crippen molar-refractivity contribution in [3.63, 3.8) is 0 Å². The summed E-state index contributed by atoms with van der Waals surface area (Å²) in [5.41, 5.74) is 0. The van der Waals surface area contributed by atoms with E-state index in [9.17, 15) is 8.42 Å². The summed E-state index contributed by atoms with van der Waals surface area (Å²) in [6.45, 7) is 6.93. The van der Waals surface area contributed by atoms with Crippen molar-refractivity contribution in [3.05, 3.63) is 0 Å². The second kappa shape index (κ2) is 10.2. The number of guanidine groups is 1. The first-order valence-corrected chi connectivity index (χ1v) is 10.9. The highest BCUT2D eigenvalue weighted by molar-refractivity contribution is 14.0. The molecule has 0 aromatic heterocycles. The van der Waals surface area contributed by atoms with Crippen LogP contribution >= 0.6 is 24.0 Å². The highest BCUT2D eigenvalue weighted by Gasteiger charge is 2.28. The molecule has 1 heterocycles. The normalized spacial score (nSPS) is 29.8. The molecule has 142 valence electrons. The molecule has 0 aromatic carbocycles. The fraction of sp³-hybridized carbons (Fsp3) is 0.941. The van der Waals surface area contributed by atoms with E-state index in [1.54, 1.807) is 0 Å². The van der Waals surface area contributed by atoms with Gasteiger partial charge in [0.05, 0.1) is 11.5 Å². The number of nitrogens with one attached hydrogen (secondary N) is 1. The van der Waals surface area contributed by atoms with E-state index in [2.05, 4.69) is 31.1 Å². The predicted octanol–water partition coefficient (Wildman–Crippen LogP) is 2.76. The molecule has 0 spiro atoms. The number of hydrogen-bond donors (Lipinski definition) is 1. The molecule has 2 rings (SSSR count). The Morgan fingerprint density at radius 3 is 2.38 bits per heavy atom. The van der Waals surface area contributed by atoms with Crippen LogP contribution in [0.5, 0.6) is 0 Å². The summed E-state index contributed by atoms with van der Waals surface area (Å²) in [5, 5.41) is 3.35. The molecule has 0 amide bonds. The summed E-state index contributed by atoms with van der Waals surface area (Å²) >= 11 is 0. The Morgan fingerprint density at radius 2 is 1.83 bits per heavy atom. The first kappa shape index (κ1) is 22.0. The minimum Gasteiger partial charge on any atom is -0.357 e.